The van der Waals surface area contributed by atoms with Crippen molar-refractivity contribution in [2.45, 2.75) is 45.6 Å². The van der Waals surface area contributed by atoms with E-state index in [2.05, 4.69) is 6.92 Å². The highest BCUT2D eigenvalue weighted by molar-refractivity contribution is 5.78. The smallest absolute Gasteiger partial charge is 0.320 e. The first kappa shape index (κ1) is 14.2. The zero-order valence-electron chi connectivity index (χ0n) is 11.8. The second-order valence-electron chi connectivity index (χ2n) is 6.00. The van der Waals surface area contributed by atoms with Gasteiger partial charge in [0.1, 0.15) is 0 Å². The fourth-order valence-electron chi connectivity index (χ4n) is 3.19. The average Bonchev–Trinajstić information content (AvgIpc) is 2.62. The fraction of sp³-hybridized carbons (Fsp3) is 0.857. The van der Waals surface area contributed by atoms with Gasteiger partial charge in [0, 0.05) is 25.7 Å². The maximum atomic E-state index is 12.5. The predicted octanol–water partition coefficient (Wildman–Crippen LogP) is 2.02. The van der Waals surface area contributed by atoms with Crippen LogP contribution in [0.15, 0.2) is 0 Å². The van der Waals surface area contributed by atoms with E-state index in [9.17, 15) is 9.59 Å². The molecule has 0 aliphatic carbocycles. The number of aliphatic carboxylic acids is 1. The predicted molar refractivity (Wildman–Crippen MR) is 71.9 cm³/mol. The summed E-state index contributed by atoms with van der Waals surface area (Å²) < 4.78 is 0. The van der Waals surface area contributed by atoms with Crippen LogP contribution >= 0.6 is 0 Å². The van der Waals surface area contributed by atoms with Crippen LogP contribution in [0.1, 0.15) is 39.5 Å². The molecule has 3 atom stereocenters. The molecule has 2 heterocycles. The maximum Gasteiger partial charge on any atom is 0.320 e. The summed E-state index contributed by atoms with van der Waals surface area (Å²) in [4.78, 5) is 27.3. The molecule has 0 bridgehead atoms. The molecule has 108 valence electrons. The second-order valence-corrected chi connectivity index (χ2v) is 6.00. The van der Waals surface area contributed by atoms with Gasteiger partial charge in [-0.2, -0.15) is 0 Å². The highest BCUT2D eigenvalue weighted by Crippen LogP contribution is 2.26. The Kier molecular flexibility index (Phi) is 4.32. The van der Waals surface area contributed by atoms with Crippen LogP contribution in [0.25, 0.3) is 0 Å². The minimum absolute atomic E-state index is 0.0324. The van der Waals surface area contributed by atoms with Crippen molar-refractivity contribution in [2.75, 3.05) is 19.6 Å². The Balaban J connectivity index is 2.01. The standard InChI is InChI=1S/C14H24N2O3/c1-10-8-15(9-12(10)13(17)18)14(19)16-7-5-3-4-6-11(16)2/h10-12H,3-9H2,1-2H3,(H,17,18)/t10-,11?,12-/m1/s1. The van der Waals surface area contributed by atoms with E-state index in [-0.39, 0.29) is 18.0 Å². The number of hydrogen-bond donors (Lipinski definition) is 1. The van der Waals surface area contributed by atoms with Gasteiger partial charge in [0.25, 0.3) is 0 Å². The molecule has 0 spiro atoms. The van der Waals surface area contributed by atoms with Gasteiger partial charge in [-0.15, -0.1) is 0 Å². The number of likely N-dealkylation sites (tertiary alicyclic amines) is 2. The third kappa shape index (κ3) is 3.01. The number of nitrogens with zero attached hydrogens (tertiary/aromatic N) is 2. The number of carbonyl (C=O) groups is 2. The van der Waals surface area contributed by atoms with Crippen LogP contribution in [0.5, 0.6) is 0 Å². The number of carboxylic acid groups (broad SMARTS) is 1. The van der Waals surface area contributed by atoms with E-state index in [1.165, 1.54) is 12.8 Å². The molecule has 2 aliphatic heterocycles. The van der Waals surface area contributed by atoms with Gasteiger partial charge in [-0.05, 0) is 25.7 Å². The van der Waals surface area contributed by atoms with Crippen molar-refractivity contribution in [1.29, 1.82) is 0 Å². The fourth-order valence-corrected chi connectivity index (χ4v) is 3.19. The first-order valence-corrected chi connectivity index (χ1v) is 7.29. The van der Waals surface area contributed by atoms with E-state index in [4.69, 9.17) is 5.11 Å². The van der Waals surface area contributed by atoms with Crippen molar-refractivity contribution in [1.82, 2.24) is 9.80 Å². The van der Waals surface area contributed by atoms with E-state index < -0.39 is 11.9 Å². The van der Waals surface area contributed by atoms with Crippen molar-refractivity contribution in [3.63, 3.8) is 0 Å². The monoisotopic (exact) mass is 268 g/mol. The first-order valence-electron chi connectivity index (χ1n) is 7.29. The Morgan fingerprint density at radius 3 is 2.47 bits per heavy atom. The molecule has 5 nitrogen and oxygen atoms in total. The summed E-state index contributed by atoms with van der Waals surface area (Å²) in [5, 5.41) is 9.14. The molecule has 0 aromatic heterocycles. The Morgan fingerprint density at radius 2 is 1.84 bits per heavy atom. The van der Waals surface area contributed by atoms with Crippen LogP contribution in [-0.2, 0) is 4.79 Å². The molecule has 2 amide bonds. The molecule has 5 heteroatoms. The molecule has 1 unspecified atom stereocenters. The minimum atomic E-state index is -0.785. The Bertz CT molecular complexity index is 359. The van der Waals surface area contributed by atoms with Crippen molar-refractivity contribution in [3.05, 3.63) is 0 Å². The van der Waals surface area contributed by atoms with Crippen molar-refractivity contribution in [3.8, 4) is 0 Å². The summed E-state index contributed by atoms with van der Waals surface area (Å²) >= 11 is 0. The van der Waals surface area contributed by atoms with Crippen LogP contribution < -0.4 is 0 Å². The zero-order valence-corrected chi connectivity index (χ0v) is 11.8. The van der Waals surface area contributed by atoms with Gasteiger partial charge in [0.05, 0.1) is 5.92 Å². The molecule has 2 fully saturated rings. The Morgan fingerprint density at radius 1 is 1.11 bits per heavy atom. The van der Waals surface area contributed by atoms with Gasteiger partial charge in [-0.3, -0.25) is 4.79 Å². The number of rotatable bonds is 1. The summed E-state index contributed by atoms with van der Waals surface area (Å²) in [5.74, 6) is -1.15. The second kappa shape index (κ2) is 5.80. The third-order valence-electron chi connectivity index (χ3n) is 4.50. The lowest BCUT2D eigenvalue weighted by atomic mass is 9.99. The Hall–Kier alpha value is -1.26. The van der Waals surface area contributed by atoms with Gasteiger partial charge >= 0.3 is 12.0 Å². The number of carbonyl (C=O) groups excluding carboxylic acids is 1. The lowest BCUT2D eigenvalue weighted by Crippen LogP contribution is -2.46. The van der Waals surface area contributed by atoms with Crippen LogP contribution in [-0.4, -0.2) is 52.6 Å². The summed E-state index contributed by atoms with van der Waals surface area (Å²) in [6.07, 6.45) is 4.47. The zero-order chi connectivity index (χ0) is 14.0. The molecule has 0 aromatic rings. The van der Waals surface area contributed by atoms with Gasteiger partial charge in [0.2, 0.25) is 0 Å². The van der Waals surface area contributed by atoms with Crippen LogP contribution in [0, 0.1) is 11.8 Å². The molecule has 0 saturated carbocycles. The van der Waals surface area contributed by atoms with E-state index in [0.29, 0.717) is 13.1 Å². The van der Waals surface area contributed by atoms with Gasteiger partial charge in [-0.25, -0.2) is 4.79 Å². The lowest BCUT2D eigenvalue weighted by Gasteiger charge is -2.31. The summed E-state index contributed by atoms with van der Waals surface area (Å²) in [6, 6.07) is 0.305. The Labute approximate surface area is 114 Å². The average molecular weight is 268 g/mol. The largest absolute Gasteiger partial charge is 0.481 e. The molecule has 0 aromatic carbocycles. The van der Waals surface area contributed by atoms with Crippen molar-refractivity contribution >= 4 is 12.0 Å². The van der Waals surface area contributed by atoms with E-state index in [1.54, 1.807) is 4.90 Å². The molecular formula is C14H24N2O3. The molecule has 1 N–H and O–H groups in total. The SMILES string of the molecule is CC1CCCCCN1C(=O)N1C[C@@H](C)[C@H](C(=O)O)C1. The van der Waals surface area contributed by atoms with E-state index >= 15 is 0 Å². The molecule has 2 aliphatic rings. The molecule has 0 radical (unpaired) electrons. The van der Waals surface area contributed by atoms with Crippen molar-refractivity contribution in [2.24, 2.45) is 11.8 Å². The molecular weight excluding hydrogens is 244 g/mol. The maximum absolute atomic E-state index is 12.5. The molecule has 19 heavy (non-hydrogen) atoms. The van der Waals surface area contributed by atoms with Gasteiger partial charge < -0.3 is 14.9 Å². The van der Waals surface area contributed by atoms with Crippen LogP contribution in [0.4, 0.5) is 4.79 Å². The number of amides is 2. The summed E-state index contributed by atoms with van der Waals surface area (Å²) in [6.45, 7) is 5.75. The van der Waals surface area contributed by atoms with Gasteiger partial charge in [0.15, 0.2) is 0 Å². The van der Waals surface area contributed by atoms with Crippen molar-refractivity contribution < 1.29 is 14.7 Å². The van der Waals surface area contributed by atoms with E-state index in [1.807, 2.05) is 11.8 Å². The summed E-state index contributed by atoms with van der Waals surface area (Å²) in [5.41, 5.74) is 0. The number of urea groups is 1. The first-order chi connectivity index (χ1) is 9.00. The topological polar surface area (TPSA) is 60.9 Å². The lowest BCUT2D eigenvalue weighted by molar-refractivity contribution is -0.142. The minimum Gasteiger partial charge on any atom is -0.481 e. The highest BCUT2D eigenvalue weighted by Gasteiger charge is 2.39. The third-order valence-corrected chi connectivity index (χ3v) is 4.50. The van der Waals surface area contributed by atoms with Gasteiger partial charge in [-0.1, -0.05) is 19.8 Å². The number of hydrogen-bond acceptors (Lipinski definition) is 2. The number of carboxylic acids is 1. The molecule has 2 saturated heterocycles. The van der Waals surface area contributed by atoms with E-state index in [0.717, 1.165) is 19.4 Å². The quantitative estimate of drug-likeness (QED) is 0.791. The normalized spacial score (nSPS) is 32.2. The van der Waals surface area contributed by atoms with Crippen LogP contribution in [0.3, 0.4) is 0 Å². The van der Waals surface area contributed by atoms with Crippen LogP contribution in [0.2, 0.25) is 0 Å². The molecule has 2 rings (SSSR count). The highest BCUT2D eigenvalue weighted by atomic mass is 16.4. The summed E-state index contributed by atoms with van der Waals surface area (Å²) in [7, 11) is 0.